The van der Waals surface area contributed by atoms with Crippen LogP contribution in [0.4, 0.5) is 4.79 Å². The Morgan fingerprint density at radius 3 is 2.12 bits per heavy atom. The summed E-state index contributed by atoms with van der Waals surface area (Å²) in [7, 11) is 6.74. The number of ketones is 1. The van der Waals surface area contributed by atoms with Crippen LogP contribution in [0.1, 0.15) is 113 Å². The summed E-state index contributed by atoms with van der Waals surface area (Å²) in [5, 5.41) is 38.4. The first-order chi connectivity index (χ1) is 29.8. The molecule has 17 heteroatoms. The molecule has 1 aromatic rings. The predicted molar refractivity (Wildman–Crippen MR) is 238 cm³/mol. The van der Waals surface area contributed by atoms with Crippen molar-refractivity contribution in [1.82, 2.24) is 10.2 Å². The summed E-state index contributed by atoms with van der Waals surface area (Å²) in [6.45, 7) is 18.8. The first kappa shape index (κ1) is 54.1. The molecular formula is C47H77ClN2O14. The van der Waals surface area contributed by atoms with E-state index < -0.39 is 114 Å². The summed E-state index contributed by atoms with van der Waals surface area (Å²) in [6.07, 6.45) is -10.2. The quantitative estimate of drug-likeness (QED) is 0.200. The van der Waals surface area contributed by atoms with Gasteiger partial charge in [0.05, 0.1) is 48.1 Å². The molecule has 0 spiro atoms. The number of esters is 1. The number of carbonyl (C=O) groups excluding carboxylic acids is 3. The van der Waals surface area contributed by atoms with E-state index in [1.165, 1.54) is 21.1 Å². The molecule has 3 aliphatic heterocycles. The van der Waals surface area contributed by atoms with Crippen LogP contribution in [0.25, 0.3) is 0 Å². The van der Waals surface area contributed by atoms with Crippen LogP contribution in [0.5, 0.6) is 0 Å². The van der Waals surface area contributed by atoms with Gasteiger partial charge in [-0.05, 0) is 93.5 Å². The molecular weight excluding hydrogens is 852 g/mol. The maximum atomic E-state index is 14.5. The maximum Gasteiger partial charge on any atom is 0.408 e. The molecule has 366 valence electrons. The van der Waals surface area contributed by atoms with E-state index >= 15 is 0 Å². The van der Waals surface area contributed by atoms with Gasteiger partial charge >= 0.3 is 12.1 Å². The molecule has 0 aromatic heterocycles. The van der Waals surface area contributed by atoms with E-state index in [1.807, 2.05) is 45.0 Å². The van der Waals surface area contributed by atoms with Crippen molar-refractivity contribution in [3.63, 3.8) is 0 Å². The zero-order chi connectivity index (χ0) is 48.2. The topological polar surface area (TPSA) is 201 Å². The second kappa shape index (κ2) is 22.1. The van der Waals surface area contributed by atoms with E-state index in [2.05, 4.69) is 5.32 Å². The molecule has 4 rings (SSSR count). The predicted octanol–water partition coefficient (Wildman–Crippen LogP) is 5.59. The SMILES string of the molecule is CC[C@H]1OC(=O)[C@H](C)[C@@H](O[C@H]2C[C@@](C)(OC)[C@@H](OC(=O)NC(C)c3ccccc3Cl)[C@H](C)O2)[C@H](C)[C@@H](O[C@@H]2O[C@H](C)C[C@H](N(C)C)[C@H]2O)[C@](C)(OC)C[C@@H](C)C(=O)[C@H](C)[C@@H](O)[C@]1(C)O. The smallest absolute Gasteiger partial charge is 0.408 e. The standard InChI is InChI=1S/C47H77ClN2O14/c1-16-34-47(11,56)39(53)26(4)36(51)24(2)22-45(9,57-14)40(63-43-37(52)33(50(12)13)21-25(3)59-43)27(5)38(28(6)42(54)61-34)62-35-23-46(10,58-15)41(30(8)60-35)64-44(55)49-29(7)31-19-17-18-20-32(31)48/h17-20,24-30,33-35,37-41,43,52-53,56H,16,21-23H2,1-15H3,(H,49,55)/t24-,25-,26+,27+,28-,29?,30+,33+,34-,35+,37-,38+,39-,40-,41+,43+,45-,46-,47-/m1/s1. The molecule has 0 bridgehead atoms. The molecule has 4 N–H and O–H groups in total. The van der Waals surface area contributed by atoms with Crippen LogP contribution in [0, 0.1) is 23.7 Å². The third kappa shape index (κ3) is 12.0. The monoisotopic (exact) mass is 929 g/mol. The highest BCUT2D eigenvalue weighted by molar-refractivity contribution is 6.31. The number of aliphatic hydroxyl groups is 3. The van der Waals surface area contributed by atoms with Gasteiger partial charge in [0, 0.05) is 49.5 Å². The molecule has 0 aliphatic carbocycles. The number of cyclic esters (lactones) is 1. The van der Waals surface area contributed by atoms with Crippen molar-refractivity contribution in [3.05, 3.63) is 34.9 Å². The van der Waals surface area contributed by atoms with E-state index in [-0.39, 0.29) is 37.2 Å². The molecule has 3 heterocycles. The van der Waals surface area contributed by atoms with Gasteiger partial charge in [0.25, 0.3) is 0 Å². The zero-order valence-corrected chi connectivity index (χ0v) is 41.3. The van der Waals surface area contributed by atoms with Gasteiger partial charge < -0.3 is 63.4 Å². The lowest BCUT2D eigenvalue weighted by molar-refractivity contribution is -0.319. The van der Waals surface area contributed by atoms with Gasteiger partial charge in [-0.1, -0.05) is 57.5 Å². The van der Waals surface area contributed by atoms with Crippen LogP contribution in [-0.2, 0) is 47.5 Å². The number of aliphatic hydroxyl groups excluding tert-OH is 2. The van der Waals surface area contributed by atoms with Gasteiger partial charge in [-0.3, -0.25) is 9.59 Å². The van der Waals surface area contributed by atoms with Crippen molar-refractivity contribution in [2.75, 3.05) is 28.3 Å². The number of Topliss-reactive ketones (excluding diaryl/α,β-unsaturated/α-hetero) is 1. The Hall–Kier alpha value is -2.48. The Labute approximate surface area is 385 Å². The number of methoxy groups -OCH3 is 2. The Kier molecular flexibility index (Phi) is 18.7. The number of nitrogens with zero attached hydrogens (tertiary/aromatic N) is 1. The van der Waals surface area contributed by atoms with Crippen molar-refractivity contribution in [3.8, 4) is 0 Å². The molecule has 3 fully saturated rings. The van der Waals surface area contributed by atoms with Crippen molar-refractivity contribution in [1.29, 1.82) is 0 Å². The first-order valence-electron chi connectivity index (χ1n) is 22.7. The molecule has 3 saturated heterocycles. The highest BCUT2D eigenvalue weighted by Crippen LogP contribution is 2.42. The molecule has 19 atom stereocenters. The number of amides is 1. The Morgan fingerprint density at radius 1 is 0.938 bits per heavy atom. The van der Waals surface area contributed by atoms with Crippen molar-refractivity contribution in [2.45, 2.75) is 192 Å². The minimum Gasteiger partial charge on any atom is -0.459 e. The van der Waals surface area contributed by atoms with Crippen LogP contribution in [-0.4, -0.2) is 151 Å². The van der Waals surface area contributed by atoms with E-state index in [1.54, 1.807) is 67.5 Å². The third-order valence-electron chi connectivity index (χ3n) is 14.2. The van der Waals surface area contributed by atoms with E-state index in [9.17, 15) is 29.7 Å². The fourth-order valence-corrected chi connectivity index (χ4v) is 10.3. The Bertz CT molecular complexity index is 1720. The zero-order valence-electron chi connectivity index (χ0n) is 40.5. The average molecular weight is 930 g/mol. The molecule has 1 unspecified atom stereocenters. The minimum absolute atomic E-state index is 0.0400. The largest absolute Gasteiger partial charge is 0.459 e. The van der Waals surface area contributed by atoms with Gasteiger partial charge in [0.2, 0.25) is 0 Å². The molecule has 0 saturated carbocycles. The number of benzene rings is 1. The fourth-order valence-electron chi connectivity index (χ4n) is 10.0. The number of nitrogens with one attached hydrogen (secondary N) is 1. The number of likely N-dealkylation sites (N-methyl/N-ethyl adjacent to an activating group) is 1. The lowest BCUT2D eigenvalue weighted by Gasteiger charge is -2.50. The first-order valence-corrected chi connectivity index (χ1v) is 23.1. The van der Waals surface area contributed by atoms with Gasteiger partial charge in [-0.15, -0.1) is 0 Å². The maximum absolute atomic E-state index is 14.5. The average Bonchev–Trinajstić information content (AvgIpc) is 3.24. The van der Waals surface area contributed by atoms with E-state index in [0.29, 0.717) is 17.0 Å². The lowest BCUT2D eigenvalue weighted by atomic mass is 9.74. The summed E-state index contributed by atoms with van der Waals surface area (Å²) in [4.78, 5) is 43.9. The van der Waals surface area contributed by atoms with E-state index in [0.717, 1.165) is 0 Å². The summed E-state index contributed by atoms with van der Waals surface area (Å²) in [5.74, 6) is -4.74. The second-order valence-corrected chi connectivity index (χ2v) is 19.8. The highest BCUT2D eigenvalue weighted by Gasteiger charge is 2.55. The number of alkyl carbamates (subject to hydrolysis) is 1. The number of hydrogen-bond acceptors (Lipinski definition) is 15. The number of hydrogen-bond donors (Lipinski definition) is 4. The number of rotatable bonds is 11. The van der Waals surface area contributed by atoms with Gasteiger partial charge in [-0.2, -0.15) is 0 Å². The third-order valence-corrected chi connectivity index (χ3v) is 14.5. The number of carbonyl (C=O) groups is 3. The van der Waals surface area contributed by atoms with E-state index in [4.69, 9.17) is 49.5 Å². The molecule has 1 amide bonds. The van der Waals surface area contributed by atoms with Crippen LogP contribution in [0.3, 0.4) is 0 Å². The van der Waals surface area contributed by atoms with Crippen molar-refractivity contribution in [2.24, 2.45) is 23.7 Å². The minimum atomic E-state index is -2.01. The van der Waals surface area contributed by atoms with Crippen molar-refractivity contribution < 1.29 is 67.6 Å². The van der Waals surface area contributed by atoms with Crippen molar-refractivity contribution >= 4 is 29.4 Å². The Balaban J connectivity index is 1.77. The van der Waals surface area contributed by atoms with Gasteiger partial charge in [-0.25, -0.2) is 4.79 Å². The highest BCUT2D eigenvalue weighted by atomic mass is 35.5. The normalized spacial score (nSPS) is 42.3. The number of ether oxygens (including phenoxy) is 8. The molecule has 0 radical (unpaired) electrons. The Morgan fingerprint density at radius 2 is 1.55 bits per heavy atom. The second-order valence-electron chi connectivity index (χ2n) is 19.4. The summed E-state index contributed by atoms with van der Waals surface area (Å²) in [5.41, 5.74) is -3.77. The van der Waals surface area contributed by atoms with Crippen LogP contribution in [0.2, 0.25) is 5.02 Å². The fraction of sp³-hybridized carbons (Fsp3) is 0.809. The summed E-state index contributed by atoms with van der Waals surface area (Å²) in [6, 6.07) is 6.39. The van der Waals surface area contributed by atoms with Gasteiger partial charge in [0.15, 0.2) is 18.7 Å². The molecule has 3 aliphatic rings. The van der Waals surface area contributed by atoms with Gasteiger partial charge in [0.1, 0.15) is 29.2 Å². The number of halogens is 1. The van der Waals surface area contributed by atoms with Crippen LogP contribution >= 0.6 is 11.6 Å². The lowest BCUT2D eigenvalue weighted by Crippen LogP contribution is -2.62. The van der Waals surface area contributed by atoms with Crippen LogP contribution in [0.15, 0.2) is 24.3 Å². The molecule has 1 aromatic carbocycles. The summed E-state index contributed by atoms with van der Waals surface area (Å²) < 4.78 is 51.0. The summed E-state index contributed by atoms with van der Waals surface area (Å²) >= 11 is 6.39. The van der Waals surface area contributed by atoms with Crippen LogP contribution < -0.4 is 5.32 Å². The molecule has 64 heavy (non-hydrogen) atoms. The molecule has 16 nitrogen and oxygen atoms in total.